The van der Waals surface area contributed by atoms with Crippen molar-refractivity contribution >= 4 is 0 Å². The van der Waals surface area contributed by atoms with Crippen molar-refractivity contribution in [3.05, 3.63) is 13.8 Å². The normalized spacial score (nSPS) is 7.64. The van der Waals surface area contributed by atoms with Gasteiger partial charge in [0.2, 0.25) is 0 Å². The molecule has 0 aromatic rings. The molecule has 0 aliphatic carbocycles. The van der Waals surface area contributed by atoms with Crippen molar-refractivity contribution in [1.82, 2.24) is 0 Å². The smallest absolute Gasteiger partial charge is 0.387 e. The summed E-state index contributed by atoms with van der Waals surface area (Å²) in [5, 5.41) is 0. The third-order valence-corrected chi connectivity index (χ3v) is 0.697. The summed E-state index contributed by atoms with van der Waals surface area (Å²) < 4.78 is 9.26. The van der Waals surface area contributed by atoms with Crippen LogP contribution in [0.3, 0.4) is 0 Å². The van der Waals surface area contributed by atoms with E-state index in [0.717, 1.165) is 26.1 Å². The largest absolute Gasteiger partial charge is 2.00 e. The fourth-order valence-corrected chi connectivity index (χ4v) is 0.289. The maximum Gasteiger partial charge on any atom is 2.00 e. The molecule has 0 spiro atoms. The summed E-state index contributed by atoms with van der Waals surface area (Å²) in [4.78, 5) is 0. The van der Waals surface area contributed by atoms with Gasteiger partial charge in [-0.05, 0) is 0 Å². The van der Waals surface area contributed by atoms with Gasteiger partial charge in [-0.1, -0.05) is 0 Å². The van der Waals surface area contributed by atoms with Gasteiger partial charge in [0, 0.05) is 27.4 Å². The second-order valence-electron chi connectivity index (χ2n) is 1.69. The average molecular weight is 212 g/mol. The summed E-state index contributed by atoms with van der Waals surface area (Å²) in [6, 6.07) is 0. The molecule has 2 nitrogen and oxygen atoms in total. The molecule has 0 saturated carbocycles. The molecule has 0 radical (unpaired) electrons. The van der Waals surface area contributed by atoms with E-state index in [1.54, 1.807) is 14.2 Å². The first-order chi connectivity index (χ1) is 4.83. The maximum absolute atomic E-state index is 4.63. The Labute approximate surface area is 83.4 Å². The predicted octanol–water partition coefficient (Wildman–Crippen LogP) is 1.71. The van der Waals surface area contributed by atoms with E-state index in [2.05, 4.69) is 23.3 Å². The molecule has 0 aliphatic rings. The number of ether oxygens (including phenoxy) is 2. The molecule has 0 bridgehead atoms. The fraction of sp³-hybridized carbons (Fsp3) is 0.750. The van der Waals surface area contributed by atoms with Gasteiger partial charge in [0.05, 0.1) is 0 Å². The van der Waals surface area contributed by atoms with Gasteiger partial charge >= 0.3 is 19.5 Å². The van der Waals surface area contributed by atoms with Crippen LogP contribution in [0, 0.1) is 13.8 Å². The van der Waals surface area contributed by atoms with Crippen molar-refractivity contribution in [1.29, 1.82) is 0 Å². The van der Waals surface area contributed by atoms with Gasteiger partial charge in [-0.2, -0.15) is 12.8 Å². The van der Waals surface area contributed by atoms with E-state index in [1.165, 1.54) is 0 Å². The van der Waals surface area contributed by atoms with E-state index in [-0.39, 0.29) is 19.5 Å². The van der Waals surface area contributed by atoms with Gasteiger partial charge in [0.15, 0.2) is 0 Å². The molecule has 0 aromatic carbocycles. The maximum atomic E-state index is 4.63. The standard InChI is InChI=1S/2C4H9O.Zn/c2*1-3-4-5-2;/h2*1,3-4H2,2H3;/q2*-1;+2. The van der Waals surface area contributed by atoms with Crippen LogP contribution >= 0.6 is 0 Å². The second kappa shape index (κ2) is 22.4. The molecule has 0 saturated heterocycles. The van der Waals surface area contributed by atoms with E-state index in [9.17, 15) is 0 Å². The van der Waals surface area contributed by atoms with E-state index in [1.807, 2.05) is 0 Å². The Morgan fingerprint density at radius 2 is 1.18 bits per heavy atom. The Kier molecular flexibility index (Phi) is 35.8. The third-order valence-electron chi connectivity index (χ3n) is 0.697. The summed E-state index contributed by atoms with van der Waals surface area (Å²) in [7, 11) is 3.34. The molecule has 0 N–H and O–H groups in total. The molecule has 0 fully saturated rings. The topological polar surface area (TPSA) is 18.5 Å². The van der Waals surface area contributed by atoms with Crippen LogP contribution in [0.1, 0.15) is 12.8 Å². The molecule has 0 heterocycles. The number of hydrogen-bond acceptors (Lipinski definition) is 2. The summed E-state index contributed by atoms with van der Waals surface area (Å²) in [5.41, 5.74) is 0. The van der Waals surface area contributed by atoms with Crippen molar-refractivity contribution < 1.29 is 29.0 Å². The quantitative estimate of drug-likeness (QED) is 0.521. The Balaban J connectivity index is -0.000000107. The van der Waals surface area contributed by atoms with E-state index < -0.39 is 0 Å². The molecular weight excluding hydrogens is 193 g/mol. The van der Waals surface area contributed by atoms with Crippen molar-refractivity contribution in [3.8, 4) is 0 Å². The van der Waals surface area contributed by atoms with Crippen LogP contribution in [-0.2, 0) is 29.0 Å². The van der Waals surface area contributed by atoms with Crippen LogP contribution in [0.25, 0.3) is 0 Å². The summed E-state index contributed by atoms with van der Waals surface area (Å²) in [5.74, 6) is 0. The zero-order valence-electron chi connectivity index (χ0n) is 7.77. The van der Waals surface area contributed by atoms with Crippen molar-refractivity contribution in [3.63, 3.8) is 0 Å². The van der Waals surface area contributed by atoms with Crippen LogP contribution in [0.5, 0.6) is 0 Å². The zero-order chi connectivity index (χ0) is 8.24. The summed E-state index contributed by atoms with van der Waals surface area (Å²) in [6.45, 7) is 8.66. The predicted molar refractivity (Wildman–Crippen MR) is 43.7 cm³/mol. The first-order valence-corrected chi connectivity index (χ1v) is 3.39. The Hall–Kier alpha value is 0.543. The Morgan fingerprint density at radius 3 is 1.18 bits per heavy atom. The zero-order valence-corrected chi connectivity index (χ0v) is 10.7. The second-order valence-corrected chi connectivity index (χ2v) is 1.69. The molecule has 64 valence electrons. The monoisotopic (exact) mass is 210 g/mol. The first-order valence-electron chi connectivity index (χ1n) is 3.39. The summed E-state index contributed by atoms with van der Waals surface area (Å²) >= 11 is 0. The van der Waals surface area contributed by atoms with Crippen molar-refractivity contribution in [2.45, 2.75) is 12.8 Å². The molecule has 0 rings (SSSR count). The molecule has 11 heavy (non-hydrogen) atoms. The van der Waals surface area contributed by atoms with Gasteiger partial charge < -0.3 is 23.3 Å². The van der Waals surface area contributed by atoms with Crippen LogP contribution in [0.2, 0.25) is 0 Å². The summed E-state index contributed by atoms with van der Waals surface area (Å²) in [6.07, 6.45) is 1.74. The van der Waals surface area contributed by atoms with Crippen LogP contribution in [0.4, 0.5) is 0 Å². The number of rotatable bonds is 4. The Bertz CT molecular complexity index is 33.1. The average Bonchev–Trinajstić information content (AvgIpc) is 1.93. The van der Waals surface area contributed by atoms with Gasteiger partial charge in [0.25, 0.3) is 0 Å². The molecule has 3 heteroatoms. The SMILES string of the molecule is [CH2-]CCOC.[CH2-]CCOC.[Zn+2]. The molecule has 0 atom stereocenters. The number of hydrogen-bond donors (Lipinski definition) is 0. The van der Waals surface area contributed by atoms with E-state index in [4.69, 9.17) is 0 Å². The van der Waals surface area contributed by atoms with Gasteiger partial charge in [-0.25, -0.2) is 0 Å². The number of methoxy groups -OCH3 is 2. The fourth-order valence-electron chi connectivity index (χ4n) is 0.289. The van der Waals surface area contributed by atoms with Crippen LogP contribution < -0.4 is 0 Å². The molecular formula is C8H18O2Zn. The van der Waals surface area contributed by atoms with Crippen LogP contribution in [-0.4, -0.2) is 27.4 Å². The van der Waals surface area contributed by atoms with E-state index in [0.29, 0.717) is 0 Å². The van der Waals surface area contributed by atoms with Crippen molar-refractivity contribution in [2.24, 2.45) is 0 Å². The van der Waals surface area contributed by atoms with Gasteiger partial charge in [-0.15, -0.1) is 0 Å². The molecule has 0 unspecified atom stereocenters. The van der Waals surface area contributed by atoms with Gasteiger partial charge in [0.1, 0.15) is 0 Å². The molecule has 0 aromatic heterocycles. The van der Waals surface area contributed by atoms with Crippen molar-refractivity contribution in [2.75, 3.05) is 27.4 Å². The molecule has 0 aliphatic heterocycles. The van der Waals surface area contributed by atoms with Crippen LogP contribution in [0.15, 0.2) is 0 Å². The minimum atomic E-state index is 0. The third kappa shape index (κ3) is 37.3. The first kappa shape index (κ1) is 17.6. The van der Waals surface area contributed by atoms with Gasteiger partial charge in [-0.3, -0.25) is 0 Å². The van der Waals surface area contributed by atoms with E-state index >= 15 is 0 Å². The minimum absolute atomic E-state index is 0. The minimum Gasteiger partial charge on any atom is -0.387 e. The molecule has 0 amide bonds. The Morgan fingerprint density at radius 1 is 0.909 bits per heavy atom.